The number of alkyl halides is 3. The summed E-state index contributed by atoms with van der Waals surface area (Å²) in [5, 5.41) is 21.5. The number of hydrogen-bond acceptors (Lipinski definition) is 6. The van der Waals surface area contributed by atoms with Crippen molar-refractivity contribution in [3.63, 3.8) is 0 Å². The first kappa shape index (κ1) is 20.9. The molecule has 1 aromatic heterocycles. The number of fused-ring (bicyclic) bond motifs is 1. The van der Waals surface area contributed by atoms with Gasteiger partial charge in [0.25, 0.3) is 0 Å². The fraction of sp³-hybridized carbons (Fsp3) is 0.474. The van der Waals surface area contributed by atoms with E-state index in [-0.39, 0.29) is 23.3 Å². The Hall–Kier alpha value is -2.40. The summed E-state index contributed by atoms with van der Waals surface area (Å²) in [7, 11) is 0. The lowest BCUT2D eigenvalue weighted by Gasteiger charge is -2.35. The Kier molecular flexibility index (Phi) is 5.35. The van der Waals surface area contributed by atoms with Gasteiger partial charge < -0.3 is 19.8 Å². The number of halogens is 4. The van der Waals surface area contributed by atoms with Crippen LogP contribution < -0.4 is 9.64 Å². The first-order valence-corrected chi connectivity index (χ1v) is 10.1. The number of carbonyl (C=O) groups is 1. The largest absolute Gasteiger partial charge is 0.488 e. The Morgan fingerprint density at radius 2 is 1.93 bits per heavy atom. The van der Waals surface area contributed by atoms with Crippen LogP contribution in [0.25, 0.3) is 0 Å². The monoisotopic (exact) mass is 446 g/mol. The van der Waals surface area contributed by atoms with E-state index >= 15 is 0 Å². The molecule has 0 radical (unpaired) electrons. The van der Waals surface area contributed by atoms with Crippen LogP contribution in [-0.4, -0.2) is 46.5 Å². The van der Waals surface area contributed by atoms with Crippen LogP contribution >= 0.6 is 11.3 Å². The second kappa shape index (κ2) is 7.69. The number of thiazole rings is 1. The van der Waals surface area contributed by atoms with E-state index in [1.54, 1.807) is 0 Å². The molecule has 1 aliphatic carbocycles. The zero-order valence-electron chi connectivity index (χ0n) is 15.5. The number of anilines is 1. The molecular weight excluding hydrogens is 428 g/mol. The molecule has 11 heteroatoms. The molecule has 1 saturated carbocycles. The number of rotatable bonds is 4. The van der Waals surface area contributed by atoms with Crippen molar-refractivity contribution >= 4 is 22.4 Å². The van der Waals surface area contributed by atoms with Gasteiger partial charge in [-0.3, -0.25) is 0 Å². The zero-order valence-corrected chi connectivity index (χ0v) is 16.3. The topological polar surface area (TPSA) is 82.9 Å². The normalized spacial score (nSPS) is 26.5. The first-order valence-electron chi connectivity index (χ1n) is 9.27. The summed E-state index contributed by atoms with van der Waals surface area (Å²) in [6.45, 7) is 1.19. The summed E-state index contributed by atoms with van der Waals surface area (Å²) < 4.78 is 57.9. The van der Waals surface area contributed by atoms with Gasteiger partial charge in [0.15, 0.2) is 10.8 Å². The van der Waals surface area contributed by atoms with E-state index in [1.165, 1.54) is 16.7 Å². The molecule has 2 aromatic rings. The van der Waals surface area contributed by atoms with E-state index < -0.39 is 35.7 Å². The van der Waals surface area contributed by atoms with Gasteiger partial charge >= 0.3 is 12.1 Å². The maximum absolute atomic E-state index is 13.5. The Morgan fingerprint density at radius 1 is 1.23 bits per heavy atom. The average Bonchev–Trinajstić information content (AvgIpc) is 3.29. The lowest BCUT2D eigenvalue weighted by molar-refractivity contribution is -0.140. The molecule has 0 spiro atoms. The first-order chi connectivity index (χ1) is 14.1. The van der Waals surface area contributed by atoms with Gasteiger partial charge in [-0.1, -0.05) is 0 Å². The Morgan fingerprint density at radius 3 is 2.57 bits per heavy atom. The molecule has 0 unspecified atom stereocenters. The SMILES string of the molecule is O=C(O)c1csc(N2C[C@H]3C[C@@H](Oc4ccc(F)c(C(F)(F)F)c4)[C@H](O)C[C@H]3C2)n1. The Labute approximate surface area is 172 Å². The molecule has 1 aliphatic heterocycles. The fourth-order valence-electron chi connectivity index (χ4n) is 4.15. The highest BCUT2D eigenvalue weighted by molar-refractivity contribution is 7.13. The van der Waals surface area contributed by atoms with Gasteiger partial charge in [-0.2, -0.15) is 13.2 Å². The summed E-state index contributed by atoms with van der Waals surface area (Å²) in [4.78, 5) is 17.1. The number of aromatic nitrogens is 1. The van der Waals surface area contributed by atoms with Crippen LogP contribution in [0.2, 0.25) is 0 Å². The molecule has 2 N–H and O–H groups in total. The summed E-state index contributed by atoms with van der Waals surface area (Å²) >= 11 is 1.23. The number of ether oxygens (including phenoxy) is 1. The van der Waals surface area contributed by atoms with E-state index in [0.29, 0.717) is 43.2 Å². The minimum absolute atomic E-state index is 0.0251. The maximum atomic E-state index is 13.5. The number of benzene rings is 1. The van der Waals surface area contributed by atoms with Gasteiger partial charge in [0, 0.05) is 18.5 Å². The van der Waals surface area contributed by atoms with Crippen molar-refractivity contribution in [2.45, 2.75) is 31.2 Å². The average molecular weight is 446 g/mol. The van der Waals surface area contributed by atoms with E-state index in [2.05, 4.69) is 4.98 Å². The number of hydrogen-bond donors (Lipinski definition) is 2. The summed E-state index contributed by atoms with van der Waals surface area (Å²) in [5.41, 5.74) is -1.43. The van der Waals surface area contributed by atoms with E-state index in [0.717, 1.165) is 6.07 Å². The van der Waals surface area contributed by atoms with Crippen LogP contribution in [-0.2, 0) is 6.18 Å². The summed E-state index contributed by atoms with van der Waals surface area (Å²) in [6.07, 6.45) is -5.62. The highest BCUT2D eigenvalue weighted by Gasteiger charge is 2.43. The molecule has 6 nitrogen and oxygen atoms in total. The Balaban J connectivity index is 1.45. The second-order valence-electron chi connectivity index (χ2n) is 7.58. The van der Waals surface area contributed by atoms with Crippen LogP contribution in [0.3, 0.4) is 0 Å². The molecule has 162 valence electrons. The molecule has 2 fully saturated rings. The fourth-order valence-corrected chi connectivity index (χ4v) is 4.97. The molecule has 0 amide bonds. The molecule has 2 aliphatic rings. The quantitative estimate of drug-likeness (QED) is 0.698. The van der Waals surface area contributed by atoms with Crippen LogP contribution in [0.15, 0.2) is 23.6 Å². The van der Waals surface area contributed by atoms with Crippen molar-refractivity contribution in [3.05, 3.63) is 40.7 Å². The highest BCUT2D eigenvalue weighted by atomic mass is 32.1. The molecule has 30 heavy (non-hydrogen) atoms. The van der Waals surface area contributed by atoms with Gasteiger partial charge in [-0.15, -0.1) is 11.3 Å². The highest BCUT2D eigenvalue weighted by Crippen LogP contribution is 2.41. The van der Waals surface area contributed by atoms with Crippen LogP contribution in [0.5, 0.6) is 5.75 Å². The third kappa shape index (κ3) is 4.08. The lowest BCUT2D eigenvalue weighted by Crippen LogP contribution is -2.42. The smallest absolute Gasteiger partial charge is 0.419 e. The summed E-state index contributed by atoms with van der Waals surface area (Å²) in [5.74, 6) is -2.38. The molecule has 1 saturated heterocycles. The maximum Gasteiger partial charge on any atom is 0.419 e. The lowest BCUT2D eigenvalue weighted by atomic mass is 9.78. The molecule has 1 aromatic carbocycles. The van der Waals surface area contributed by atoms with Crippen LogP contribution in [0, 0.1) is 17.7 Å². The van der Waals surface area contributed by atoms with Crippen molar-refractivity contribution in [2.75, 3.05) is 18.0 Å². The van der Waals surface area contributed by atoms with E-state index in [4.69, 9.17) is 9.84 Å². The predicted octanol–water partition coefficient (Wildman–Crippen LogP) is 3.65. The molecule has 4 atom stereocenters. The third-order valence-corrected chi connectivity index (χ3v) is 6.50. The van der Waals surface area contributed by atoms with Crippen molar-refractivity contribution < 1.29 is 37.3 Å². The van der Waals surface area contributed by atoms with E-state index in [1.807, 2.05) is 4.90 Å². The van der Waals surface area contributed by atoms with Crippen molar-refractivity contribution in [1.82, 2.24) is 4.98 Å². The van der Waals surface area contributed by atoms with Crippen molar-refractivity contribution in [2.24, 2.45) is 11.8 Å². The molecule has 0 bridgehead atoms. The van der Waals surface area contributed by atoms with Gasteiger partial charge in [0.2, 0.25) is 0 Å². The minimum Gasteiger partial charge on any atom is -0.488 e. The Bertz CT molecular complexity index is 951. The summed E-state index contributed by atoms with van der Waals surface area (Å²) in [6, 6.07) is 2.43. The molecule has 4 rings (SSSR count). The van der Waals surface area contributed by atoms with Crippen LogP contribution in [0.1, 0.15) is 28.9 Å². The van der Waals surface area contributed by atoms with Gasteiger partial charge in [0.05, 0.1) is 11.7 Å². The third-order valence-electron chi connectivity index (χ3n) is 5.60. The number of carboxylic acids is 1. The number of carboxylic acid groups (broad SMARTS) is 1. The minimum atomic E-state index is -4.84. The van der Waals surface area contributed by atoms with Crippen molar-refractivity contribution in [3.8, 4) is 5.75 Å². The number of aromatic carboxylic acids is 1. The molecular formula is C19H18F4N2O4S. The number of nitrogens with zero attached hydrogens (tertiary/aromatic N) is 2. The number of aliphatic hydroxyl groups excluding tert-OH is 1. The van der Waals surface area contributed by atoms with Crippen molar-refractivity contribution in [1.29, 1.82) is 0 Å². The van der Waals surface area contributed by atoms with Gasteiger partial charge in [-0.05, 0) is 42.9 Å². The number of aliphatic hydroxyl groups is 1. The predicted molar refractivity (Wildman–Crippen MR) is 99.3 cm³/mol. The van der Waals surface area contributed by atoms with E-state index in [9.17, 15) is 27.5 Å². The standard InChI is InChI=1S/C19H18F4N2O4S/c20-13-2-1-11(5-12(13)19(21,22)23)29-16-4-10-7-25(6-9(10)3-15(16)26)18-24-14(8-30-18)17(27)28/h1-2,5,8-10,15-16,26H,3-4,6-7H2,(H,27,28)/t9-,10+,15+,16+/m0/s1. The second-order valence-corrected chi connectivity index (χ2v) is 8.42. The molecule has 2 heterocycles. The van der Waals surface area contributed by atoms with Gasteiger partial charge in [0.1, 0.15) is 17.7 Å². The van der Waals surface area contributed by atoms with Gasteiger partial charge in [-0.25, -0.2) is 14.2 Å². The zero-order chi connectivity index (χ0) is 21.6. The van der Waals surface area contributed by atoms with Crippen LogP contribution in [0.4, 0.5) is 22.7 Å².